The number of rotatable bonds is 22. The summed E-state index contributed by atoms with van der Waals surface area (Å²) in [7, 11) is -2.52. The Morgan fingerprint density at radius 3 is 1.85 bits per heavy atom. The van der Waals surface area contributed by atoms with Crippen LogP contribution in [0.3, 0.4) is 0 Å². The number of ether oxygens (including phenoxy) is 3. The lowest BCUT2D eigenvalue weighted by Gasteiger charge is -2.28. The van der Waals surface area contributed by atoms with Gasteiger partial charge in [0.25, 0.3) is 32.1 Å². The molecular formula is C58H65N3O13S4. The summed E-state index contributed by atoms with van der Waals surface area (Å²) < 4.78 is 86.2. The molecule has 5 aromatic carbocycles. The lowest BCUT2D eigenvalue weighted by Crippen LogP contribution is -2.47. The first-order valence-corrected chi connectivity index (χ1v) is 31.5. The quantitative estimate of drug-likeness (QED) is 0.0375. The van der Waals surface area contributed by atoms with E-state index in [1.165, 1.54) is 7.11 Å². The highest BCUT2D eigenvalue weighted by Crippen LogP contribution is 2.45. The minimum Gasteiger partial charge on any atom is -0.493 e. The molecule has 20 heteroatoms. The van der Waals surface area contributed by atoms with Gasteiger partial charge in [-0.2, -0.15) is 16.8 Å². The van der Waals surface area contributed by atoms with Crippen LogP contribution in [0.1, 0.15) is 113 Å². The summed E-state index contributed by atoms with van der Waals surface area (Å²) in [5.41, 5.74) is 7.31. The summed E-state index contributed by atoms with van der Waals surface area (Å²) in [6, 6.07) is 25.9. The van der Waals surface area contributed by atoms with Crippen molar-refractivity contribution >= 4 is 82.4 Å². The van der Waals surface area contributed by atoms with E-state index in [1.807, 2.05) is 68.4 Å². The number of benzene rings is 5. The van der Waals surface area contributed by atoms with Crippen molar-refractivity contribution in [3.05, 3.63) is 141 Å². The largest absolute Gasteiger partial charge is 0.493 e. The van der Waals surface area contributed by atoms with E-state index >= 15 is 0 Å². The Bertz CT molecular complexity index is 3370. The molecule has 16 nitrogen and oxygen atoms in total. The van der Waals surface area contributed by atoms with E-state index in [2.05, 4.69) is 19.2 Å². The van der Waals surface area contributed by atoms with Gasteiger partial charge in [-0.3, -0.25) is 27.9 Å². The maximum Gasteiger partial charge on any atom is 0.272 e. The molecule has 0 aromatic heterocycles. The minimum absolute atomic E-state index is 0.000626. The summed E-state index contributed by atoms with van der Waals surface area (Å²) in [4.78, 5) is 57.6. The zero-order valence-corrected chi connectivity index (χ0v) is 47.7. The molecule has 6 atom stereocenters. The number of ketones is 1. The van der Waals surface area contributed by atoms with Crippen molar-refractivity contribution in [3.63, 3.8) is 0 Å². The molecule has 0 radical (unpaired) electrons. The highest BCUT2D eigenvalue weighted by Gasteiger charge is 2.48. The Hall–Kier alpha value is -5.90. The molecule has 5 aromatic rings. The molecule has 0 spiro atoms. The summed E-state index contributed by atoms with van der Waals surface area (Å²) >= 11 is 0. The van der Waals surface area contributed by atoms with E-state index in [0.29, 0.717) is 93.9 Å². The van der Waals surface area contributed by atoms with E-state index < -0.39 is 49.2 Å². The van der Waals surface area contributed by atoms with E-state index in [-0.39, 0.29) is 78.0 Å². The van der Waals surface area contributed by atoms with E-state index in [0.717, 1.165) is 24.7 Å². The van der Waals surface area contributed by atoms with Crippen molar-refractivity contribution < 1.29 is 59.0 Å². The normalized spacial score (nSPS) is 19.3. The van der Waals surface area contributed by atoms with E-state index in [4.69, 9.17) is 18.4 Å². The Kier molecular flexibility index (Phi) is 17.4. The number of fused-ring (bicyclic) bond motifs is 8. The second-order valence-corrected chi connectivity index (χ2v) is 27.2. The first kappa shape index (κ1) is 56.8. The second kappa shape index (κ2) is 23.8. The minimum atomic E-state index is -4.43. The van der Waals surface area contributed by atoms with Gasteiger partial charge in [-0.25, -0.2) is 0 Å². The van der Waals surface area contributed by atoms with Crippen molar-refractivity contribution in [1.82, 2.24) is 0 Å². The van der Waals surface area contributed by atoms with E-state index in [9.17, 15) is 40.6 Å². The van der Waals surface area contributed by atoms with Gasteiger partial charge in [-0.1, -0.05) is 78.8 Å². The Labute approximate surface area is 464 Å². The van der Waals surface area contributed by atoms with Crippen LogP contribution >= 0.6 is 21.6 Å². The van der Waals surface area contributed by atoms with Crippen LogP contribution in [0.5, 0.6) is 17.2 Å². The number of carbonyl (C=O) groups is 4. The molecule has 414 valence electrons. The molecule has 4 heterocycles. The zero-order valence-electron chi connectivity index (χ0n) is 44.5. The Morgan fingerprint density at radius 1 is 0.692 bits per heavy atom. The molecule has 0 saturated heterocycles. The lowest BCUT2D eigenvalue weighted by molar-refractivity contribution is -0.119. The molecule has 4 aliphatic heterocycles. The first-order valence-electron chi connectivity index (χ1n) is 26.2. The number of hydrogen-bond donors (Lipinski definition) is 2. The Balaban J connectivity index is 0.979. The second-order valence-electron chi connectivity index (χ2n) is 20.6. The third kappa shape index (κ3) is 12.6. The SMILES string of the molecule is CCC(=O)CCC(C)SSC(C)CCC(=O)Nc1cc(COc2cc3c(cc2C)C(=O)N2c4ccccc4C[C@H]2C(S(=O)(=O)OC)C3)cc(COc2cc3c(cc2OC)C(=O)N2c4ccccc4C[C@H]2C(CS(=O)(=O)O)C3)c1. The van der Waals surface area contributed by atoms with Crippen molar-refractivity contribution in [2.45, 2.75) is 127 Å². The number of amides is 3. The van der Waals surface area contributed by atoms with Crippen molar-refractivity contribution in [2.75, 3.05) is 35.1 Å². The van der Waals surface area contributed by atoms with Gasteiger partial charge in [0.15, 0.2) is 11.5 Å². The molecule has 2 N–H and O–H groups in total. The molecule has 0 bridgehead atoms. The highest BCUT2D eigenvalue weighted by molar-refractivity contribution is 8.77. The van der Waals surface area contributed by atoms with Crippen LogP contribution in [0.2, 0.25) is 0 Å². The van der Waals surface area contributed by atoms with Crippen LogP contribution in [0.25, 0.3) is 0 Å². The third-order valence-electron chi connectivity index (χ3n) is 15.1. The fourth-order valence-electron chi connectivity index (χ4n) is 11.1. The predicted molar refractivity (Wildman–Crippen MR) is 304 cm³/mol. The maximum absolute atomic E-state index is 14.5. The number of nitrogens with one attached hydrogen (secondary N) is 1. The zero-order chi connectivity index (χ0) is 55.6. The van der Waals surface area contributed by atoms with Crippen LogP contribution in [0.4, 0.5) is 17.1 Å². The molecule has 9 rings (SSSR count). The molecule has 4 unspecified atom stereocenters. The van der Waals surface area contributed by atoms with Gasteiger partial charge in [-0.05, 0) is 139 Å². The summed E-state index contributed by atoms with van der Waals surface area (Å²) in [5.74, 6) is -0.788. The van der Waals surface area contributed by atoms with Crippen LogP contribution in [-0.2, 0) is 72.9 Å². The van der Waals surface area contributed by atoms with Gasteiger partial charge in [0.05, 0.1) is 26.0 Å². The topological polar surface area (TPSA) is 212 Å². The maximum atomic E-state index is 14.5. The van der Waals surface area contributed by atoms with Gasteiger partial charge >= 0.3 is 0 Å². The molecule has 4 aliphatic rings. The van der Waals surface area contributed by atoms with Gasteiger partial charge in [0.1, 0.15) is 30.0 Å². The molecule has 3 amide bonds. The number of anilines is 3. The lowest BCUT2D eigenvalue weighted by atomic mass is 9.91. The average Bonchev–Trinajstić information content (AvgIpc) is 4.06. The summed E-state index contributed by atoms with van der Waals surface area (Å²) in [5, 5.41) is 2.46. The molecule has 0 fully saturated rings. The Morgan fingerprint density at radius 2 is 1.24 bits per heavy atom. The number of hydrogen-bond acceptors (Lipinski definition) is 14. The average molecular weight is 1140 g/mol. The first-order chi connectivity index (χ1) is 37.2. The van der Waals surface area contributed by atoms with Crippen LogP contribution < -0.4 is 29.3 Å². The fraction of sp³-hybridized carbons (Fsp3) is 0.414. The van der Waals surface area contributed by atoms with Crippen LogP contribution in [0, 0.1) is 12.8 Å². The number of carbonyl (C=O) groups excluding carboxylic acids is 4. The van der Waals surface area contributed by atoms with Gasteiger partial charge in [-0.15, -0.1) is 0 Å². The molecule has 78 heavy (non-hydrogen) atoms. The van der Waals surface area contributed by atoms with Crippen molar-refractivity contribution in [2.24, 2.45) is 5.92 Å². The third-order valence-corrected chi connectivity index (χ3v) is 21.2. The number of Topliss-reactive ketones (excluding diaryl/α,β-unsaturated/α-hetero) is 1. The fourth-order valence-corrected chi connectivity index (χ4v) is 15.8. The summed E-state index contributed by atoms with van der Waals surface area (Å²) in [6.45, 7) is 7.83. The monoisotopic (exact) mass is 1140 g/mol. The molecule has 0 saturated carbocycles. The molecular weight excluding hydrogens is 1070 g/mol. The standard InChI is InChI=1S/C58H65N3O13S4/c1-7-45(62)18-16-35(3)75-76-36(4)17-19-56(63)59-44-22-37(31-73-52-27-42-29-55(78(69,70)72-6)51-26-40-13-9-11-15-49(40)61(51)57(64)46(42)20-34(52)2)21-38(23-44)32-74-54-28-41-24-43(33-77(66,67)68)50-25-39-12-8-10-14-48(39)60(50)58(65)47(41)30-53(54)71-5/h8-15,20-23,27-28,30,35-36,43,50-51,55H,7,16-19,24-26,29,31-33H2,1-6H3,(H,59,63)(H,66,67,68)/t35?,36?,43?,50-,51-,55?/m0/s1. The predicted octanol–water partition coefficient (Wildman–Crippen LogP) is 9.90. The molecule has 0 aliphatic carbocycles. The van der Waals surface area contributed by atoms with Crippen molar-refractivity contribution in [3.8, 4) is 17.2 Å². The van der Waals surface area contributed by atoms with Crippen LogP contribution in [-0.4, -0.2) is 92.7 Å². The smallest absolute Gasteiger partial charge is 0.272 e. The number of para-hydroxylation sites is 2. The summed E-state index contributed by atoms with van der Waals surface area (Å²) in [6.07, 6.45) is 3.69. The van der Waals surface area contributed by atoms with E-state index in [1.54, 1.807) is 67.8 Å². The number of methoxy groups -OCH3 is 1. The van der Waals surface area contributed by atoms with Gasteiger partial charge in [0, 0.05) is 69.9 Å². The highest BCUT2D eigenvalue weighted by atomic mass is 33.1. The van der Waals surface area contributed by atoms with Gasteiger partial charge < -0.3 is 29.3 Å². The van der Waals surface area contributed by atoms with Crippen molar-refractivity contribution in [1.29, 1.82) is 0 Å². The number of aryl methyl sites for hydroxylation is 1. The number of nitrogens with zero attached hydrogens (tertiary/aromatic N) is 2. The van der Waals surface area contributed by atoms with Crippen LogP contribution in [0.15, 0.2) is 91.0 Å². The van der Waals surface area contributed by atoms with Gasteiger partial charge in [0.2, 0.25) is 5.91 Å².